The minimum atomic E-state index is 0.333. The fourth-order valence-electron chi connectivity index (χ4n) is 2.50. The van der Waals surface area contributed by atoms with Crippen molar-refractivity contribution in [3.63, 3.8) is 0 Å². The monoisotopic (exact) mass is 365 g/mol. The van der Waals surface area contributed by atoms with Gasteiger partial charge in [-0.25, -0.2) is 0 Å². The average Bonchev–Trinajstić information content (AvgIpc) is 2.46. The quantitative estimate of drug-likeness (QED) is 0.692. The molecule has 0 heterocycles. The topological polar surface area (TPSA) is 12.0 Å². The van der Waals surface area contributed by atoms with E-state index in [0.717, 1.165) is 28.9 Å². The second-order valence-corrected chi connectivity index (χ2v) is 6.69. The number of rotatable bonds is 6. The normalized spacial score (nSPS) is 12.4. The van der Waals surface area contributed by atoms with Crippen molar-refractivity contribution in [1.29, 1.82) is 0 Å². The van der Waals surface area contributed by atoms with E-state index in [1.54, 1.807) is 0 Å². The summed E-state index contributed by atoms with van der Waals surface area (Å²) >= 11 is 9.51. The standard InChI is InChI=1S/C18H21BrClN/c1-3-10-21-18(12-14-4-7-16(20)8-5-14)17-9-6-15(19)11-13(17)2/h4-9,11,18,21H,3,10,12H2,1-2H3. The number of halogens is 2. The number of hydrogen-bond acceptors (Lipinski definition) is 1. The van der Waals surface area contributed by atoms with Crippen LogP contribution in [0.1, 0.15) is 36.1 Å². The van der Waals surface area contributed by atoms with Crippen LogP contribution in [0.2, 0.25) is 5.02 Å². The molecule has 2 aromatic carbocycles. The van der Waals surface area contributed by atoms with Crippen LogP contribution in [0, 0.1) is 6.92 Å². The van der Waals surface area contributed by atoms with Gasteiger partial charge < -0.3 is 5.32 Å². The predicted molar refractivity (Wildman–Crippen MR) is 95.1 cm³/mol. The highest BCUT2D eigenvalue weighted by molar-refractivity contribution is 9.10. The summed E-state index contributed by atoms with van der Waals surface area (Å²) < 4.78 is 1.13. The lowest BCUT2D eigenvalue weighted by molar-refractivity contribution is 0.527. The van der Waals surface area contributed by atoms with Crippen LogP contribution >= 0.6 is 27.5 Å². The van der Waals surface area contributed by atoms with Crippen LogP contribution < -0.4 is 5.32 Å². The number of benzene rings is 2. The summed E-state index contributed by atoms with van der Waals surface area (Å²) in [6, 6.07) is 15.0. The van der Waals surface area contributed by atoms with Gasteiger partial charge in [-0.3, -0.25) is 0 Å². The van der Waals surface area contributed by atoms with Crippen LogP contribution in [0.4, 0.5) is 0 Å². The molecule has 0 saturated carbocycles. The maximum Gasteiger partial charge on any atom is 0.0406 e. The number of hydrogen-bond donors (Lipinski definition) is 1. The van der Waals surface area contributed by atoms with Crippen LogP contribution in [0.5, 0.6) is 0 Å². The van der Waals surface area contributed by atoms with Crippen LogP contribution in [0.15, 0.2) is 46.9 Å². The minimum absolute atomic E-state index is 0.333. The first-order valence-electron chi connectivity index (χ1n) is 7.34. The molecule has 1 atom stereocenters. The highest BCUT2D eigenvalue weighted by Gasteiger charge is 2.14. The fourth-order valence-corrected chi connectivity index (χ4v) is 3.10. The van der Waals surface area contributed by atoms with Crippen molar-refractivity contribution in [2.45, 2.75) is 32.7 Å². The molecule has 0 radical (unpaired) electrons. The lowest BCUT2D eigenvalue weighted by atomic mass is 9.95. The Morgan fingerprint density at radius 1 is 1.14 bits per heavy atom. The predicted octanol–water partition coefficient (Wildman–Crippen LogP) is 5.69. The lowest BCUT2D eigenvalue weighted by Crippen LogP contribution is -2.24. The van der Waals surface area contributed by atoms with Crippen molar-refractivity contribution in [2.75, 3.05) is 6.54 Å². The van der Waals surface area contributed by atoms with E-state index >= 15 is 0 Å². The number of nitrogens with one attached hydrogen (secondary N) is 1. The molecule has 0 spiro atoms. The van der Waals surface area contributed by atoms with Crippen LogP contribution in [-0.4, -0.2) is 6.54 Å². The second-order valence-electron chi connectivity index (χ2n) is 5.34. The summed E-state index contributed by atoms with van der Waals surface area (Å²) in [5.41, 5.74) is 3.98. The Kier molecular flexibility index (Phi) is 6.28. The molecular weight excluding hydrogens is 346 g/mol. The highest BCUT2D eigenvalue weighted by Crippen LogP contribution is 2.25. The summed E-state index contributed by atoms with van der Waals surface area (Å²) in [6.07, 6.45) is 2.10. The average molecular weight is 367 g/mol. The Morgan fingerprint density at radius 2 is 1.86 bits per heavy atom. The molecule has 3 heteroatoms. The van der Waals surface area contributed by atoms with E-state index in [9.17, 15) is 0 Å². The van der Waals surface area contributed by atoms with Gasteiger partial charge in [-0.15, -0.1) is 0 Å². The van der Waals surface area contributed by atoms with Gasteiger partial charge in [-0.1, -0.05) is 52.7 Å². The molecule has 0 amide bonds. The fraction of sp³-hybridized carbons (Fsp3) is 0.333. The summed E-state index contributed by atoms with van der Waals surface area (Å²) in [5.74, 6) is 0. The molecule has 0 aliphatic carbocycles. The summed E-state index contributed by atoms with van der Waals surface area (Å²) in [4.78, 5) is 0. The SMILES string of the molecule is CCCNC(Cc1ccc(Cl)cc1)c1ccc(Br)cc1C. The van der Waals surface area contributed by atoms with Gasteiger partial charge in [0.25, 0.3) is 0 Å². The van der Waals surface area contributed by atoms with Crippen molar-refractivity contribution in [1.82, 2.24) is 5.32 Å². The van der Waals surface area contributed by atoms with Crippen molar-refractivity contribution >= 4 is 27.5 Å². The lowest BCUT2D eigenvalue weighted by Gasteiger charge is -2.21. The molecule has 0 fully saturated rings. The Balaban J connectivity index is 2.22. The first kappa shape index (κ1) is 16.5. The molecule has 2 rings (SSSR count). The van der Waals surface area contributed by atoms with E-state index in [2.05, 4.69) is 65.4 Å². The molecule has 1 nitrogen and oxygen atoms in total. The Morgan fingerprint density at radius 3 is 2.48 bits per heavy atom. The first-order valence-corrected chi connectivity index (χ1v) is 8.51. The Bertz CT molecular complexity index is 580. The van der Waals surface area contributed by atoms with E-state index in [1.807, 2.05) is 12.1 Å². The summed E-state index contributed by atoms with van der Waals surface area (Å²) in [5, 5.41) is 4.45. The van der Waals surface area contributed by atoms with Gasteiger partial charge in [-0.05, 0) is 67.3 Å². The van der Waals surface area contributed by atoms with E-state index in [0.29, 0.717) is 6.04 Å². The maximum absolute atomic E-state index is 5.97. The zero-order valence-corrected chi connectivity index (χ0v) is 14.8. The van der Waals surface area contributed by atoms with Gasteiger partial charge >= 0.3 is 0 Å². The van der Waals surface area contributed by atoms with Gasteiger partial charge in [0, 0.05) is 15.5 Å². The van der Waals surface area contributed by atoms with E-state index < -0.39 is 0 Å². The smallest absolute Gasteiger partial charge is 0.0406 e. The molecule has 21 heavy (non-hydrogen) atoms. The van der Waals surface area contributed by atoms with Gasteiger partial charge in [-0.2, -0.15) is 0 Å². The summed E-state index contributed by atoms with van der Waals surface area (Å²) in [7, 11) is 0. The van der Waals surface area contributed by atoms with Gasteiger partial charge in [0.05, 0.1) is 0 Å². The Hall–Kier alpha value is -0.830. The van der Waals surface area contributed by atoms with Gasteiger partial charge in [0.1, 0.15) is 0 Å². The van der Waals surface area contributed by atoms with Gasteiger partial charge in [0.15, 0.2) is 0 Å². The molecule has 0 aliphatic rings. The van der Waals surface area contributed by atoms with Crippen molar-refractivity contribution in [3.05, 3.63) is 68.7 Å². The highest BCUT2D eigenvalue weighted by atomic mass is 79.9. The summed E-state index contributed by atoms with van der Waals surface area (Å²) in [6.45, 7) is 5.39. The molecule has 112 valence electrons. The Labute approximate surface area is 140 Å². The molecule has 1 unspecified atom stereocenters. The zero-order chi connectivity index (χ0) is 15.2. The van der Waals surface area contributed by atoms with Crippen LogP contribution in [0.3, 0.4) is 0 Å². The van der Waals surface area contributed by atoms with Crippen molar-refractivity contribution in [2.24, 2.45) is 0 Å². The van der Waals surface area contributed by atoms with Crippen LogP contribution in [0.25, 0.3) is 0 Å². The first-order chi connectivity index (χ1) is 10.1. The maximum atomic E-state index is 5.97. The second kappa shape index (κ2) is 7.98. The molecular formula is C18H21BrClN. The third kappa shape index (κ3) is 4.84. The minimum Gasteiger partial charge on any atom is -0.310 e. The van der Waals surface area contributed by atoms with E-state index in [1.165, 1.54) is 16.7 Å². The molecule has 0 aliphatic heterocycles. The third-order valence-corrected chi connectivity index (χ3v) is 4.35. The van der Waals surface area contributed by atoms with E-state index in [-0.39, 0.29) is 0 Å². The molecule has 0 aromatic heterocycles. The van der Waals surface area contributed by atoms with Gasteiger partial charge in [0.2, 0.25) is 0 Å². The van der Waals surface area contributed by atoms with Crippen molar-refractivity contribution < 1.29 is 0 Å². The molecule has 2 aromatic rings. The largest absolute Gasteiger partial charge is 0.310 e. The van der Waals surface area contributed by atoms with Crippen molar-refractivity contribution in [3.8, 4) is 0 Å². The van der Waals surface area contributed by atoms with E-state index in [4.69, 9.17) is 11.6 Å². The third-order valence-electron chi connectivity index (χ3n) is 3.60. The van der Waals surface area contributed by atoms with Crippen LogP contribution in [-0.2, 0) is 6.42 Å². The zero-order valence-electron chi connectivity index (χ0n) is 12.5. The molecule has 1 N–H and O–H groups in total. The molecule has 0 saturated heterocycles. The molecule has 0 bridgehead atoms. The number of aryl methyl sites for hydroxylation is 1.